The number of alkyl carbamates (subject to hydrolysis) is 1. The number of imidazole rings is 1. The standard InChI is InChI=1S/C37H49N9O6/c1-6-22-13-15-23(16-14-22)31-42-21-25(43-31)19-30(46-36(50)52-37(2,3)4)33(48)45-29(18-24-20-41-27-11-8-7-10-26(24)27)32(47)44-28(34(49)51-5)12-9-17-40-35(38)39/h7-8,10-11,13-16,20-21,28-30,41H,6,9,12,17-19H2,1-5H3,(H,42,43)(H,44,47)(H,45,48)(H,46,50)(H4,38,39,40)/t28-,29-,30-/m0/s1. The molecule has 3 atom stereocenters. The van der Waals surface area contributed by atoms with E-state index in [9.17, 15) is 19.2 Å². The van der Waals surface area contributed by atoms with Crippen LogP contribution in [0.2, 0.25) is 0 Å². The number of carbonyl (C=O) groups excluding carboxylic acids is 4. The molecule has 3 amide bonds. The summed E-state index contributed by atoms with van der Waals surface area (Å²) in [5.41, 5.74) is 14.2. The molecule has 9 N–H and O–H groups in total. The number of para-hydroxylation sites is 1. The lowest BCUT2D eigenvalue weighted by Gasteiger charge is -2.26. The number of aliphatic imine (C=N–C) groups is 1. The van der Waals surface area contributed by atoms with Crippen molar-refractivity contribution in [2.75, 3.05) is 13.7 Å². The fraction of sp³-hybridized carbons (Fsp3) is 0.405. The molecule has 0 radical (unpaired) electrons. The van der Waals surface area contributed by atoms with Crippen LogP contribution in [0.4, 0.5) is 4.79 Å². The molecule has 2 heterocycles. The molecule has 278 valence electrons. The molecule has 0 aliphatic carbocycles. The number of hydrogen-bond donors (Lipinski definition) is 7. The van der Waals surface area contributed by atoms with Crippen molar-refractivity contribution in [3.63, 3.8) is 0 Å². The molecular formula is C37H49N9O6. The summed E-state index contributed by atoms with van der Waals surface area (Å²) in [7, 11) is 1.22. The van der Waals surface area contributed by atoms with Gasteiger partial charge in [0, 0.05) is 53.9 Å². The summed E-state index contributed by atoms with van der Waals surface area (Å²) in [6.45, 7) is 7.45. The smallest absolute Gasteiger partial charge is 0.408 e. The van der Waals surface area contributed by atoms with Crippen LogP contribution in [0.25, 0.3) is 22.3 Å². The predicted molar refractivity (Wildman–Crippen MR) is 198 cm³/mol. The van der Waals surface area contributed by atoms with Gasteiger partial charge < -0.3 is 46.9 Å². The molecule has 4 aromatic rings. The number of aryl methyl sites for hydroxylation is 1. The Morgan fingerprint density at radius 1 is 0.923 bits per heavy atom. The molecule has 0 saturated heterocycles. The van der Waals surface area contributed by atoms with Crippen LogP contribution >= 0.6 is 0 Å². The van der Waals surface area contributed by atoms with Gasteiger partial charge in [-0.1, -0.05) is 49.4 Å². The molecule has 2 aromatic carbocycles. The quantitative estimate of drug-likeness (QED) is 0.0391. The molecule has 0 bridgehead atoms. The zero-order valence-electron chi connectivity index (χ0n) is 30.2. The van der Waals surface area contributed by atoms with Crippen LogP contribution in [0.1, 0.15) is 57.4 Å². The summed E-state index contributed by atoms with van der Waals surface area (Å²) in [5, 5.41) is 9.08. The van der Waals surface area contributed by atoms with Gasteiger partial charge >= 0.3 is 12.1 Å². The van der Waals surface area contributed by atoms with Gasteiger partial charge in [-0.25, -0.2) is 14.6 Å². The van der Waals surface area contributed by atoms with Crippen LogP contribution in [-0.2, 0) is 43.1 Å². The molecule has 2 aromatic heterocycles. The third-order valence-corrected chi connectivity index (χ3v) is 8.17. The molecule has 15 heteroatoms. The number of nitrogens with zero attached hydrogens (tertiary/aromatic N) is 2. The number of guanidine groups is 1. The Morgan fingerprint density at radius 2 is 1.60 bits per heavy atom. The summed E-state index contributed by atoms with van der Waals surface area (Å²) in [5.74, 6) is -1.45. The molecule has 15 nitrogen and oxygen atoms in total. The minimum atomic E-state index is -1.18. The number of aromatic nitrogens is 3. The molecule has 0 aliphatic heterocycles. The number of H-pyrrole nitrogens is 2. The second-order valence-electron chi connectivity index (χ2n) is 13.4. The number of fused-ring (bicyclic) bond motifs is 1. The number of aromatic amines is 2. The molecule has 4 rings (SSSR count). The van der Waals surface area contributed by atoms with Crippen molar-refractivity contribution >= 4 is 40.7 Å². The normalized spacial score (nSPS) is 13.0. The van der Waals surface area contributed by atoms with E-state index in [0.717, 1.165) is 28.5 Å². The lowest BCUT2D eigenvalue weighted by Crippen LogP contribution is -2.57. The molecule has 0 fully saturated rings. The van der Waals surface area contributed by atoms with Gasteiger partial charge in [0.2, 0.25) is 11.8 Å². The van der Waals surface area contributed by atoms with Gasteiger partial charge in [0.1, 0.15) is 29.6 Å². The van der Waals surface area contributed by atoms with Gasteiger partial charge in [0.15, 0.2) is 5.96 Å². The van der Waals surface area contributed by atoms with Crippen molar-refractivity contribution in [1.29, 1.82) is 0 Å². The Balaban J connectivity index is 1.61. The Bertz CT molecular complexity index is 1850. The average molecular weight is 716 g/mol. The highest BCUT2D eigenvalue weighted by atomic mass is 16.6. The summed E-state index contributed by atoms with van der Waals surface area (Å²) in [6.07, 6.45) is 4.06. The number of carbonyl (C=O) groups is 4. The van der Waals surface area contributed by atoms with E-state index < -0.39 is 47.6 Å². The molecule has 52 heavy (non-hydrogen) atoms. The van der Waals surface area contributed by atoms with Crippen LogP contribution in [-0.4, -0.2) is 82.2 Å². The largest absolute Gasteiger partial charge is 0.467 e. The summed E-state index contributed by atoms with van der Waals surface area (Å²) >= 11 is 0. The first-order valence-electron chi connectivity index (χ1n) is 17.2. The van der Waals surface area contributed by atoms with Gasteiger partial charge in [-0.2, -0.15) is 0 Å². The minimum absolute atomic E-state index is 0.00210. The Hall–Kier alpha value is -5.86. The third-order valence-electron chi connectivity index (χ3n) is 8.17. The van der Waals surface area contributed by atoms with Gasteiger partial charge in [-0.3, -0.25) is 14.6 Å². The number of methoxy groups -OCH3 is 1. The van der Waals surface area contributed by atoms with Gasteiger partial charge in [0.05, 0.1) is 7.11 Å². The first kappa shape index (κ1) is 38.9. The van der Waals surface area contributed by atoms with E-state index in [1.807, 2.05) is 48.5 Å². The first-order chi connectivity index (χ1) is 24.8. The second-order valence-corrected chi connectivity index (χ2v) is 13.4. The van der Waals surface area contributed by atoms with Crippen molar-refractivity contribution < 1.29 is 28.7 Å². The lowest BCUT2D eigenvalue weighted by atomic mass is 10.0. The van der Waals surface area contributed by atoms with Crippen molar-refractivity contribution in [2.45, 2.75) is 83.5 Å². The maximum absolute atomic E-state index is 14.1. The van der Waals surface area contributed by atoms with Crippen LogP contribution in [0.15, 0.2) is 65.9 Å². The van der Waals surface area contributed by atoms with Gasteiger partial charge in [-0.05, 0) is 57.2 Å². The van der Waals surface area contributed by atoms with E-state index >= 15 is 0 Å². The Morgan fingerprint density at radius 3 is 2.25 bits per heavy atom. The SMILES string of the molecule is CCc1ccc(-c2ncc(C[C@H](NC(=O)OC(C)(C)C)C(=O)N[C@@H](Cc3c[nH]c4ccccc34)C(=O)N[C@@H](CCCN=C(N)N)C(=O)OC)[nH]2)cc1. The third kappa shape index (κ3) is 11.3. The number of esters is 1. The van der Waals surface area contributed by atoms with Crippen LogP contribution in [0, 0.1) is 0 Å². The number of nitrogens with two attached hydrogens (primary N) is 2. The van der Waals surface area contributed by atoms with Gasteiger partial charge in [0.25, 0.3) is 0 Å². The topological polar surface area (TPSA) is 232 Å². The van der Waals surface area contributed by atoms with E-state index in [1.165, 1.54) is 12.7 Å². The van der Waals surface area contributed by atoms with E-state index in [0.29, 0.717) is 17.9 Å². The zero-order valence-corrected chi connectivity index (χ0v) is 30.2. The number of rotatable bonds is 16. The van der Waals surface area contributed by atoms with Crippen molar-refractivity contribution in [3.8, 4) is 11.4 Å². The van der Waals surface area contributed by atoms with Crippen molar-refractivity contribution in [1.82, 2.24) is 30.9 Å². The van der Waals surface area contributed by atoms with E-state index in [4.69, 9.17) is 20.9 Å². The summed E-state index contributed by atoms with van der Waals surface area (Å²) in [6, 6.07) is 12.1. The maximum Gasteiger partial charge on any atom is 0.408 e. The monoisotopic (exact) mass is 715 g/mol. The van der Waals surface area contributed by atoms with Crippen molar-refractivity contribution in [2.24, 2.45) is 16.5 Å². The average Bonchev–Trinajstić information content (AvgIpc) is 3.75. The minimum Gasteiger partial charge on any atom is -0.467 e. The predicted octanol–water partition coefficient (Wildman–Crippen LogP) is 3.00. The second kappa shape index (κ2) is 17.9. The highest BCUT2D eigenvalue weighted by Crippen LogP contribution is 2.21. The zero-order chi connectivity index (χ0) is 37.8. The molecule has 0 aliphatic rings. The number of benzene rings is 2. The molecule has 0 unspecified atom stereocenters. The maximum atomic E-state index is 14.1. The number of ether oxygens (including phenoxy) is 2. The van der Waals surface area contributed by atoms with Crippen LogP contribution in [0.5, 0.6) is 0 Å². The Labute approximate surface area is 302 Å². The summed E-state index contributed by atoms with van der Waals surface area (Å²) in [4.78, 5) is 68.6. The fourth-order valence-corrected chi connectivity index (χ4v) is 5.56. The highest BCUT2D eigenvalue weighted by molar-refractivity contribution is 5.94. The Kier molecular flexibility index (Phi) is 13.4. The number of amides is 3. The molecular weight excluding hydrogens is 666 g/mol. The summed E-state index contributed by atoms with van der Waals surface area (Å²) < 4.78 is 10.4. The molecule has 0 spiro atoms. The highest BCUT2D eigenvalue weighted by Gasteiger charge is 2.32. The van der Waals surface area contributed by atoms with Crippen molar-refractivity contribution in [3.05, 3.63) is 77.7 Å². The molecule has 0 saturated carbocycles. The van der Waals surface area contributed by atoms with E-state index in [1.54, 1.807) is 33.2 Å². The first-order valence-corrected chi connectivity index (χ1v) is 17.2. The van der Waals surface area contributed by atoms with Gasteiger partial charge in [-0.15, -0.1) is 0 Å². The fourth-order valence-electron chi connectivity index (χ4n) is 5.56. The lowest BCUT2D eigenvalue weighted by molar-refractivity contribution is -0.145. The van der Waals surface area contributed by atoms with Crippen LogP contribution < -0.4 is 27.4 Å². The van der Waals surface area contributed by atoms with Crippen LogP contribution in [0.3, 0.4) is 0 Å². The number of nitrogens with one attached hydrogen (secondary N) is 5. The number of hydrogen-bond acceptors (Lipinski definition) is 8. The van der Waals surface area contributed by atoms with E-state index in [-0.39, 0.29) is 31.8 Å². The van der Waals surface area contributed by atoms with E-state index in [2.05, 4.69) is 42.8 Å².